The van der Waals surface area contributed by atoms with Crippen LogP contribution in [0.4, 0.5) is 0 Å². The topological polar surface area (TPSA) is 46.2 Å². The molecule has 0 radical (unpaired) electrons. The number of benzene rings is 2. The molecule has 172 valence electrons. The largest absolute Gasteiger partial charge is 0.241 e. The van der Waals surface area contributed by atoms with Gasteiger partial charge >= 0.3 is 0 Å². The molecule has 32 heavy (non-hydrogen) atoms. The maximum Gasteiger partial charge on any atom is 0.241 e. The molecular weight excluding hydrogens is 414 g/mol. The van der Waals surface area contributed by atoms with E-state index in [-0.39, 0.29) is 4.90 Å². The van der Waals surface area contributed by atoms with Crippen LogP contribution in [0.15, 0.2) is 71.1 Å². The van der Waals surface area contributed by atoms with Gasteiger partial charge in [0, 0.05) is 12.0 Å². The van der Waals surface area contributed by atoms with E-state index in [9.17, 15) is 8.42 Å². The minimum absolute atomic E-state index is 0.269. The van der Waals surface area contributed by atoms with E-state index in [1.165, 1.54) is 0 Å². The van der Waals surface area contributed by atoms with E-state index < -0.39 is 16.1 Å². The van der Waals surface area contributed by atoms with E-state index in [4.69, 9.17) is 0 Å². The van der Waals surface area contributed by atoms with Crippen LogP contribution in [0, 0.1) is 18.8 Å². The van der Waals surface area contributed by atoms with Gasteiger partial charge in [-0.25, -0.2) is 8.42 Å². The molecule has 0 unspecified atom stereocenters. The first-order valence-corrected chi connectivity index (χ1v) is 13.3. The van der Waals surface area contributed by atoms with E-state index >= 15 is 0 Å². The molecular formula is C28H37NO2S. The van der Waals surface area contributed by atoms with Gasteiger partial charge in [0.1, 0.15) is 0 Å². The van der Waals surface area contributed by atoms with Gasteiger partial charge in [0.25, 0.3) is 0 Å². The molecule has 1 atom stereocenters. The molecule has 0 heterocycles. The van der Waals surface area contributed by atoms with Crippen molar-refractivity contribution >= 4 is 10.0 Å². The SMILES string of the molecule is CCCCCC#C/C(=C\CCCCC)[C@@H](NS(=O)(=O)c1ccc(C)cc1)c1ccccc1. The summed E-state index contributed by atoms with van der Waals surface area (Å²) in [5, 5.41) is 0. The minimum Gasteiger partial charge on any atom is -0.207 e. The van der Waals surface area contributed by atoms with Gasteiger partial charge in [-0.1, -0.05) is 105 Å². The quantitative estimate of drug-likeness (QED) is 0.276. The lowest BCUT2D eigenvalue weighted by molar-refractivity contribution is 0.572. The summed E-state index contributed by atoms with van der Waals surface area (Å²) in [6.07, 6.45) is 10.6. The summed E-state index contributed by atoms with van der Waals surface area (Å²) in [6, 6.07) is 16.2. The Kier molecular flexibility index (Phi) is 11.3. The zero-order valence-corrected chi connectivity index (χ0v) is 20.5. The molecule has 0 spiro atoms. The first kappa shape index (κ1) is 25.9. The van der Waals surface area contributed by atoms with Crippen molar-refractivity contribution in [3.05, 3.63) is 77.4 Å². The Morgan fingerprint density at radius 3 is 2.25 bits per heavy atom. The first-order valence-electron chi connectivity index (χ1n) is 11.8. The molecule has 3 nitrogen and oxygen atoms in total. The number of allylic oxidation sites excluding steroid dienone is 1. The van der Waals surface area contributed by atoms with Gasteiger partial charge in [0.2, 0.25) is 10.0 Å². The zero-order valence-electron chi connectivity index (χ0n) is 19.7. The molecule has 0 aliphatic rings. The van der Waals surface area contributed by atoms with Crippen LogP contribution in [-0.2, 0) is 10.0 Å². The Bertz CT molecular complexity index is 997. The van der Waals surface area contributed by atoms with Gasteiger partial charge in [-0.05, 0) is 43.9 Å². The van der Waals surface area contributed by atoms with Crippen LogP contribution in [0.3, 0.4) is 0 Å². The summed E-state index contributed by atoms with van der Waals surface area (Å²) >= 11 is 0. The van der Waals surface area contributed by atoms with E-state index in [2.05, 4.69) is 36.5 Å². The van der Waals surface area contributed by atoms with Crippen molar-refractivity contribution < 1.29 is 8.42 Å². The lowest BCUT2D eigenvalue weighted by Crippen LogP contribution is -2.30. The predicted octanol–water partition coefficient (Wildman–Crippen LogP) is 7.11. The number of hydrogen-bond acceptors (Lipinski definition) is 2. The number of aryl methyl sites for hydroxylation is 1. The van der Waals surface area contributed by atoms with Crippen LogP contribution < -0.4 is 4.72 Å². The Hall–Kier alpha value is -2.35. The highest BCUT2D eigenvalue weighted by Gasteiger charge is 2.23. The Morgan fingerprint density at radius 1 is 0.938 bits per heavy atom. The molecule has 2 aromatic rings. The lowest BCUT2D eigenvalue weighted by atomic mass is 9.98. The maximum atomic E-state index is 13.2. The van der Waals surface area contributed by atoms with Crippen molar-refractivity contribution in [2.75, 3.05) is 0 Å². The number of sulfonamides is 1. The van der Waals surface area contributed by atoms with Gasteiger partial charge in [0.05, 0.1) is 10.9 Å². The second-order valence-corrected chi connectivity index (χ2v) is 9.91. The maximum absolute atomic E-state index is 13.2. The fraction of sp³-hybridized carbons (Fsp3) is 0.429. The summed E-state index contributed by atoms with van der Waals surface area (Å²) in [6.45, 7) is 6.31. The van der Waals surface area contributed by atoms with Crippen LogP contribution in [0.5, 0.6) is 0 Å². The van der Waals surface area contributed by atoms with Crippen LogP contribution in [0.25, 0.3) is 0 Å². The lowest BCUT2D eigenvalue weighted by Gasteiger charge is -2.20. The Labute approximate surface area is 195 Å². The summed E-state index contributed by atoms with van der Waals surface area (Å²) in [7, 11) is -3.70. The number of hydrogen-bond donors (Lipinski definition) is 1. The van der Waals surface area contributed by atoms with Crippen molar-refractivity contribution in [2.24, 2.45) is 0 Å². The number of nitrogens with one attached hydrogen (secondary N) is 1. The summed E-state index contributed by atoms with van der Waals surface area (Å²) in [4.78, 5) is 0.269. The highest BCUT2D eigenvalue weighted by molar-refractivity contribution is 7.89. The molecule has 0 aliphatic heterocycles. The summed E-state index contributed by atoms with van der Waals surface area (Å²) in [5.74, 6) is 6.61. The molecule has 4 heteroatoms. The third-order valence-electron chi connectivity index (χ3n) is 5.36. The zero-order chi connectivity index (χ0) is 23.2. The molecule has 2 aromatic carbocycles. The van der Waals surface area contributed by atoms with Crippen LogP contribution in [0.1, 0.15) is 82.4 Å². The van der Waals surface area contributed by atoms with Gasteiger partial charge in [-0.15, -0.1) is 0 Å². The molecule has 0 amide bonds. The van der Waals surface area contributed by atoms with Gasteiger partial charge in [-0.3, -0.25) is 0 Å². The highest BCUT2D eigenvalue weighted by atomic mass is 32.2. The second-order valence-electron chi connectivity index (χ2n) is 8.19. The molecule has 0 fully saturated rings. The average molecular weight is 452 g/mol. The van der Waals surface area contributed by atoms with Crippen molar-refractivity contribution in [1.82, 2.24) is 4.72 Å². The normalized spacial score (nSPS) is 12.8. The van der Waals surface area contributed by atoms with Crippen molar-refractivity contribution in [1.29, 1.82) is 0 Å². The standard InChI is InChI=1S/C28H37NO2S/c1-4-6-8-10-13-17-25(16-12-9-7-5-2)28(26-18-14-11-15-19-26)29-32(30,31)27-22-20-24(3)21-23-27/h11,14-16,18-23,28-29H,4-10,12H2,1-3H3/b25-16+/t28-/m1/s1. The van der Waals surface area contributed by atoms with Crippen molar-refractivity contribution in [2.45, 2.75) is 83.1 Å². The summed E-state index contributed by atoms with van der Waals surface area (Å²) in [5.41, 5.74) is 2.75. The molecule has 0 saturated carbocycles. The molecule has 0 bridgehead atoms. The fourth-order valence-corrected chi connectivity index (χ4v) is 4.62. The Morgan fingerprint density at radius 2 is 1.59 bits per heavy atom. The third-order valence-corrected chi connectivity index (χ3v) is 6.80. The average Bonchev–Trinajstić information content (AvgIpc) is 2.80. The fourth-order valence-electron chi connectivity index (χ4n) is 3.42. The number of unbranched alkanes of at least 4 members (excludes halogenated alkanes) is 6. The third kappa shape index (κ3) is 8.65. The Balaban J connectivity index is 2.39. The summed E-state index contributed by atoms with van der Waals surface area (Å²) < 4.78 is 29.4. The molecule has 0 saturated heterocycles. The van der Waals surface area contributed by atoms with Gasteiger partial charge in [-0.2, -0.15) is 4.72 Å². The molecule has 0 aromatic heterocycles. The van der Waals surface area contributed by atoms with Crippen molar-refractivity contribution in [3.63, 3.8) is 0 Å². The number of rotatable bonds is 12. The molecule has 0 aliphatic carbocycles. The smallest absolute Gasteiger partial charge is 0.207 e. The van der Waals surface area contributed by atoms with Gasteiger partial charge < -0.3 is 0 Å². The van der Waals surface area contributed by atoms with Crippen LogP contribution >= 0.6 is 0 Å². The van der Waals surface area contributed by atoms with Crippen LogP contribution in [-0.4, -0.2) is 8.42 Å². The van der Waals surface area contributed by atoms with E-state index in [0.717, 1.165) is 68.1 Å². The molecule has 1 N–H and O–H groups in total. The molecule has 2 rings (SSSR count). The van der Waals surface area contributed by atoms with E-state index in [1.54, 1.807) is 12.1 Å². The predicted molar refractivity (Wildman–Crippen MR) is 135 cm³/mol. The monoisotopic (exact) mass is 451 g/mol. The highest BCUT2D eigenvalue weighted by Crippen LogP contribution is 2.25. The minimum atomic E-state index is -3.70. The van der Waals surface area contributed by atoms with E-state index in [0.29, 0.717) is 0 Å². The van der Waals surface area contributed by atoms with E-state index in [1.807, 2.05) is 49.4 Å². The van der Waals surface area contributed by atoms with Crippen LogP contribution in [0.2, 0.25) is 0 Å². The second kappa shape index (κ2) is 13.9. The first-order chi connectivity index (χ1) is 15.5. The van der Waals surface area contributed by atoms with Crippen molar-refractivity contribution in [3.8, 4) is 11.8 Å². The van der Waals surface area contributed by atoms with Gasteiger partial charge in [0.15, 0.2) is 0 Å².